The fourth-order valence-electron chi connectivity index (χ4n) is 7.09. The highest BCUT2D eigenvalue weighted by atomic mass is 16.5. The number of nitrogens with two attached hydrogens (primary N) is 1. The molecule has 19 nitrogen and oxygen atoms in total. The molecule has 1 aromatic carbocycles. The zero-order chi connectivity index (χ0) is 48.4. The van der Waals surface area contributed by atoms with Crippen molar-refractivity contribution in [3.8, 4) is 0 Å². The number of aliphatic carboxylic acids is 2. The van der Waals surface area contributed by atoms with E-state index < -0.39 is 65.4 Å². The molecule has 0 aromatic heterocycles. The second kappa shape index (κ2) is 29.3. The number of anilines is 1. The number of benzene rings is 1. The van der Waals surface area contributed by atoms with Crippen LogP contribution in [0.15, 0.2) is 24.3 Å². The fourth-order valence-corrected chi connectivity index (χ4v) is 7.09. The van der Waals surface area contributed by atoms with Gasteiger partial charge in [-0.1, -0.05) is 26.2 Å². The van der Waals surface area contributed by atoms with E-state index in [2.05, 4.69) is 38.8 Å². The molecule has 1 aliphatic carbocycles. The van der Waals surface area contributed by atoms with Crippen LogP contribution in [0.25, 0.3) is 0 Å². The van der Waals surface area contributed by atoms with Gasteiger partial charge in [-0.15, -0.1) is 0 Å². The highest BCUT2D eigenvalue weighted by Gasteiger charge is 2.29. The van der Waals surface area contributed by atoms with E-state index in [-0.39, 0.29) is 69.1 Å². The molecular weight excluding hydrogens is 843 g/mol. The molecule has 0 heterocycles. The molecular formula is C46H75N7O12. The highest BCUT2D eigenvalue weighted by Crippen LogP contribution is 2.24. The van der Waals surface area contributed by atoms with E-state index in [0.717, 1.165) is 37.9 Å². The Kier molecular flexibility index (Phi) is 25.1. The number of hydrogen-bond acceptors (Lipinski definition) is 11. The summed E-state index contributed by atoms with van der Waals surface area (Å²) in [5.41, 5.74) is 5.70. The quantitative estimate of drug-likeness (QED) is 0.0457. The Hall–Kier alpha value is -5.30. The summed E-state index contributed by atoms with van der Waals surface area (Å²) in [7, 11) is 0. The number of carboxylic acids is 2. The summed E-state index contributed by atoms with van der Waals surface area (Å²) in [5, 5.41) is 35.4. The monoisotopic (exact) mass is 918 g/mol. The van der Waals surface area contributed by atoms with Crippen LogP contribution in [0, 0.1) is 5.92 Å². The standard InChI is InChI=1S/C46H75N7O12/c1-6-26-48-33-17-15-32(16-18-33)41(59)49-27-11-10-14-34(40(47)58)51-38(55)23-24-45(2,3)64-29-25-46(4,5)65-30-28-50-43(61)35(20-22-39(56)57)52-37(54)21-19-36(44(62)63)53-42(60)31-12-8-7-9-13-31/h15-18,31,34-36,48H,6-14,19-30H2,1-5H3,(H2,47,58)(H,49,59)(H,50,61)(H,51,55)(H,52,54)(H,53,60)(H,56,57)(H,62,63). The Bertz CT molecular complexity index is 1700. The lowest BCUT2D eigenvalue weighted by atomic mass is 9.88. The lowest BCUT2D eigenvalue weighted by Gasteiger charge is -2.30. The number of carbonyl (C=O) groups excluding carboxylic acids is 6. The van der Waals surface area contributed by atoms with E-state index >= 15 is 0 Å². The number of amides is 6. The summed E-state index contributed by atoms with van der Waals surface area (Å²) >= 11 is 0. The predicted octanol–water partition coefficient (Wildman–Crippen LogP) is 3.54. The molecule has 0 saturated heterocycles. The first kappa shape index (κ1) is 55.8. The van der Waals surface area contributed by atoms with E-state index in [4.69, 9.17) is 15.2 Å². The Labute approximate surface area is 383 Å². The Balaban J connectivity index is 1.70. The fraction of sp³-hybridized carbons (Fsp3) is 0.696. The third kappa shape index (κ3) is 24.0. The van der Waals surface area contributed by atoms with Gasteiger partial charge in [0.2, 0.25) is 29.5 Å². The van der Waals surface area contributed by atoms with Crippen molar-refractivity contribution >= 4 is 53.1 Å². The summed E-state index contributed by atoms with van der Waals surface area (Å²) in [6.45, 7) is 11.1. The van der Waals surface area contributed by atoms with E-state index in [1.54, 1.807) is 12.1 Å². The lowest BCUT2D eigenvalue weighted by Crippen LogP contribution is -2.49. The summed E-state index contributed by atoms with van der Waals surface area (Å²) in [4.78, 5) is 98.9. The van der Waals surface area contributed by atoms with Crippen molar-refractivity contribution in [2.75, 3.05) is 38.2 Å². The molecule has 2 rings (SSSR count). The lowest BCUT2D eigenvalue weighted by molar-refractivity contribution is -0.143. The molecule has 1 saturated carbocycles. The molecule has 3 unspecified atom stereocenters. The van der Waals surface area contributed by atoms with Crippen molar-refractivity contribution in [1.82, 2.24) is 26.6 Å². The number of nitrogens with one attached hydrogen (secondary N) is 6. The van der Waals surface area contributed by atoms with Gasteiger partial charge in [-0.25, -0.2) is 4.79 Å². The van der Waals surface area contributed by atoms with Gasteiger partial charge in [-0.2, -0.15) is 0 Å². The van der Waals surface area contributed by atoms with Gasteiger partial charge in [0.1, 0.15) is 18.1 Å². The smallest absolute Gasteiger partial charge is 0.326 e. The molecule has 65 heavy (non-hydrogen) atoms. The second-order valence-corrected chi connectivity index (χ2v) is 17.9. The average molecular weight is 918 g/mol. The average Bonchev–Trinajstić information content (AvgIpc) is 3.25. The largest absolute Gasteiger partial charge is 0.481 e. The molecule has 0 aliphatic heterocycles. The second-order valence-electron chi connectivity index (χ2n) is 17.9. The first-order chi connectivity index (χ1) is 30.7. The minimum absolute atomic E-state index is 0.0484. The Morgan fingerprint density at radius 3 is 1.94 bits per heavy atom. The van der Waals surface area contributed by atoms with Crippen molar-refractivity contribution in [1.29, 1.82) is 0 Å². The molecule has 366 valence electrons. The van der Waals surface area contributed by atoms with Gasteiger partial charge in [0.25, 0.3) is 5.91 Å². The van der Waals surface area contributed by atoms with Crippen LogP contribution in [0.4, 0.5) is 5.69 Å². The predicted molar refractivity (Wildman–Crippen MR) is 244 cm³/mol. The normalized spacial score (nSPS) is 14.5. The topological polar surface area (TPSA) is 294 Å². The highest BCUT2D eigenvalue weighted by molar-refractivity contribution is 5.94. The van der Waals surface area contributed by atoms with Crippen molar-refractivity contribution in [3.05, 3.63) is 29.8 Å². The van der Waals surface area contributed by atoms with E-state index in [1.165, 1.54) is 0 Å². The molecule has 1 aromatic rings. The molecule has 0 radical (unpaired) electrons. The van der Waals surface area contributed by atoms with Crippen LogP contribution in [0.3, 0.4) is 0 Å². The van der Waals surface area contributed by atoms with E-state index in [9.17, 15) is 48.6 Å². The van der Waals surface area contributed by atoms with Crippen LogP contribution in [0.2, 0.25) is 0 Å². The number of ether oxygens (including phenoxy) is 2. The molecule has 19 heteroatoms. The number of carboxylic acid groups (broad SMARTS) is 2. The van der Waals surface area contributed by atoms with Gasteiger partial charge in [-0.3, -0.25) is 33.6 Å². The third-order valence-electron chi connectivity index (χ3n) is 11.2. The van der Waals surface area contributed by atoms with Gasteiger partial charge in [0, 0.05) is 56.1 Å². The summed E-state index contributed by atoms with van der Waals surface area (Å²) < 4.78 is 12.1. The SMILES string of the molecule is CCCNc1ccc(C(=O)NCCCCC(NC(=O)CCC(C)(C)OCCC(C)(C)OCCNC(=O)C(CCC(=O)O)NC(=O)CCC(NC(=O)C2CCCCC2)C(=O)O)C(N)=O)cc1. The summed E-state index contributed by atoms with van der Waals surface area (Å²) in [6, 6.07) is 3.91. The van der Waals surface area contributed by atoms with Crippen LogP contribution in [0.5, 0.6) is 0 Å². The molecule has 0 bridgehead atoms. The molecule has 1 aliphatic rings. The van der Waals surface area contributed by atoms with Crippen LogP contribution in [0.1, 0.15) is 148 Å². The van der Waals surface area contributed by atoms with Crippen LogP contribution in [-0.4, -0.2) is 120 Å². The number of primary amides is 1. The van der Waals surface area contributed by atoms with Crippen LogP contribution < -0.4 is 37.6 Å². The molecule has 6 amide bonds. The molecule has 3 atom stereocenters. The first-order valence-corrected chi connectivity index (χ1v) is 23.0. The van der Waals surface area contributed by atoms with Crippen molar-refractivity contribution < 1.29 is 58.0 Å². The summed E-state index contributed by atoms with van der Waals surface area (Å²) in [5.74, 6) is -5.51. The minimum atomic E-state index is -1.29. The zero-order valence-corrected chi connectivity index (χ0v) is 39.0. The minimum Gasteiger partial charge on any atom is -0.481 e. The van der Waals surface area contributed by atoms with Crippen LogP contribution in [-0.2, 0) is 43.0 Å². The van der Waals surface area contributed by atoms with Gasteiger partial charge in [0.05, 0.1) is 24.4 Å². The third-order valence-corrected chi connectivity index (χ3v) is 11.2. The maximum absolute atomic E-state index is 13.0. The van der Waals surface area contributed by atoms with Crippen molar-refractivity contribution in [2.24, 2.45) is 11.7 Å². The number of carbonyl (C=O) groups is 8. The zero-order valence-electron chi connectivity index (χ0n) is 39.0. The van der Waals surface area contributed by atoms with Crippen molar-refractivity contribution in [2.45, 2.75) is 167 Å². The Morgan fingerprint density at radius 1 is 0.692 bits per heavy atom. The number of rotatable bonds is 33. The molecule has 1 fully saturated rings. The van der Waals surface area contributed by atoms with Gasteiger partial charge < -0.3 is 57.3 Å². The van der Waals surface area contributed by atoms with Crippen molar-refractivity contribution in [3.63, 3.8) is 0 Å². The number of unbranched alkanes of at least 4 members (excludes halogenated alkanes) is 1. The maximum Gasteiger partial charge on any atom is 0.326 e. The number of hydrogen-bond donors (Lipinski definition) is 9. The Morgan fingerprint density at radius 2 is 1.31 bits per heavy atom. The molecule has 10 N–H and O–H groups in total. The maximum atomic E-state index is 13.0. The van der Waals surface area contributed by atoms with Gasteiger partial charge >= 0.3 is 11.9 Å². The van der Waals surface area contributed by atoms with Gasteiger partial charge in [-0.05, 0) is 116 Å². The van der Waals surface area contributed by atoms with E-state index in [1.807, 2.05) is 39.8 Å². The van der Waals surface area contributed by atoms with Crippen LogP contribution >= 0.6 is 0 Å². The summed E-state index contributed by atoms with van der Waals surface area (Å²) in [6.07, 6.45) is 6.46. The molecule has 0 spiro atoms. The van der Waals surface area contributed by atoms with E-state index in [0.29, 0.717) is 57.1 Å². The first-order valence-electron chi connectivity index (χ1n) is 23.0. The van der Waals surface area contributed by atoms with Gasteiger partial charge in [0.15, 0.2) is 0 Å².